The van der Waals surface area contributed by atoms with E-state index in [1.165, 1.54) is 18.4 Å². The standard InChI is InChI=1S/C8H15Br/c1-7(2)5-4-6-8(3)9/h5,8H,4,6H2,1-3H3/t8-/m1/s1. The summed E-state index contributed by atoms with van der Waals surface area (Å²) in [5.41, 5.74) is 1.42. The highest BCUT2D eigenvalue weighted by molar-refractivity contribution is 9.09. The van der Waals surface area contributed by atoms with Gasteiger partial charge in [0.05, 0.1) is 0 Å². The van der Waals surface area contributed by atoms with Gasteiger partial charge >= 0.3 is 0 Å². The Morgan fingerprint density at radius 2 is 2.11 bits per heavy atom. The van der Waals surface area contributed by atoms with Crippen molar-refractivity contribution in [1.29, 1.82) is 0 Å². The summed E-state index contributed by atoms with van der Waals surface area (Å²) in [5, 5.41) is 0. The van der Waals surface area contributed by atoms with E-state index in [1.807, 2.05) is 0 Å². The summed E-state index contributed by atoms with van der Waals surface area (Å²) in [4.78, 5) is 0.660. The first-order valence-electron chi connectivity index (χ1n) is 3.40. The van der Waals surface area contributed by atoms with E-state index in [0.29, 0.717) is 4.83 Å². The summed E-state index contributed by atoms with van der Waals surface area (Å²) in [6.45, 7) is 6.45. The maximum Gasteiger partial charge on any atom is 0.0120 e. The van der Waals surface area contributed by atoms with Crippen molar-refractivity contribution in [2.75, 3.05) is 0 Å². The third-order valence-corrected chi connectivity index (χ3v) is 1.57. The molecule has 0 saturated carbocycles. The lowest BCUT2D eigenvalue weighted by atomic mass is 10.2. The number of rotatable bonds is 3. The number of allylic oxidation sites excluding steroid dienone is 2. The van der Waals surface area contributed by atoms with Crippen LogP contribution in [0.1, 0.15) is 33.6 Å². The molecule has 0 aromatic heterocycles. The number of alkyl halides is 1. The maximum absolute atomic E-state index is 3.50. The van der Waals surface area contributed by atoms with Crippen LogP contribution < -0.4 is 0 Å². The molecule has 0 bridgehead atoms. The Kier molecular flexibility index (Phi) is 5.16. The molecule has 0 amide bonds. The molecular formula is C8H15Br. The van der Waals surface area contributed by atoms with Crippen molar-refractivity contribution in [2.45, 2.75) is 38.4 Å². The zero-order valence-corrected chi connectivity index (χ0v) is 8.03. The van der Waals surface area contributed by atoms with Crippen molar-refractivity contribution in [3.63, 3.8) is 0 Å². The van der Waals surface area contributed by atoms with Crippen LogP contribution in [0.4, 0.5) is 0 Å². The van der Waals surface area contributed by atoms with E-state index in [1.54, 1.807) is 0 Å². The van der Waals surface area contributed by atoms with Gasteiger partial charge in [0.2, 0.25) is 0 Å². The van der Waals surface area contributed by atoms with Gasteiger partial charge in [-0.25, -0.2) is 0 Å². The van der Waals surface area contributed by atoms with Gasteiger partial charge in [0.15, 0.2) is 0 Å². The van der Waals surface area contributed by atoms with E-state index >= 15 is 0 Å². The first-order chi connectivity index (χ1) is 4.13. The Balaban J connectivity index is 3.20. The second kappa shape index (κ2) is 5.04. The van der Waals surface area contributed by atoms with Crippen molar-refractivity contribution in [2.24, 2.45) is 0 Å². The zero-order valence-electron chi connectivity index (χ0n) is 6.45. The minimum atomic E-state index is 0.660. The van der Waals surface area contributed by atoms with Crippen LogP contribution in [-0.2, 0) is 0 Å². The van der Waals surface area contributed by atoms with Crippen LogP contribution in [0.5, 0.6) is 0 Å². The van der Waals surface area contributed by atoms with Crippen molar-refractivity contribution in [3.8, 4) is 0 Å². The molecular weight excluding hydrogens is 176 g/mol. The monoisotopic (exact) mass is 190 g/mol. The predicted octanol–water partition coefficient (Wildman–Crippen LogP) is 3.52. The van der Waals surface area contributed by atoms with E-state index in [2.05, 4.69) is 42.8 Å². The molecule has 0 N–H and O–H groups in total. The molecule has 0 heterocycles. The van der Waals surface area contributed by atoms with E-state index in [4.69, 9.17) is 0 Å². The van der Waals surface area contributed by atoms with E-state index < -0.39 is 0 Å². The third kappa shape index (κ3) is 8.22. The fourth-order valence-corrected chi connectivity index (χ4v) is 0.866. The Morgan fingerprint density at radius 1 is 1.56 bits per heavy atom. The normalized spacial score (nSPS) is 12.9. The second-order valence-electron chi connectivity index (χ2n) is 2.64. The molecule has 9 heavy (non-hydrogen) atoms. The SMILES string of the molecule is CC(C)=CCC[C@@H](C)Br. The molecule has 1 atom stereocenters. The average Bonchev–Trinajstić information content (AvgIpc) is 1.63. The van der Waals surface area contributed by atoms with Gasteiger partial charge in [-0.3, -0.25) is 0 Å². The van der Waals surface area contributed by atoms with Crippen LogP contribution in [0.15, 0.2) is 11.6 Å². The fraction of sp³-hybridized carbons (Fsp3) is 0.750. The molecule has 0 aliphatic heterocycles. The summed E-state index contributed by atoms with van der Waals surface area (Å²) in [6, 6.07) is 0. The molecule has 0 unspecified atom stereocenters. The fourth-order valence-electron chi connectivity index (χ4n) is 0.602. The van der Waals surface area contributed by atoms with Crippen LogP contribution in [0.25, 0.3) is 0 Å². The minimum Gasteiger partial charge on any atom is -0.0894 e. The van der Waals surface area contributed by atoms with Crippen LogP contribution in [0, 0.1) is 0 Å². The first kappa shape index (κ1) is 9.22. The lowest BCUT2D eigenvalue weighted by Gasteiger charge is -1.97. The van der Waals surface area contributed by atoms with Crippen LogP contribution in [0.3, 0.4) is 0 Å². The lowest BCUT2D eigenvalue weighted by Crippen LogP contribution is -1.86. The minimum absolute atomic E-state index is 0.660. The highest BCUT2D eigenvalue weighted by Crippen LogP contribution is 2.07. The number of halogens is 1. The van der Waals surface area contributed by atoms with Crippen molar-refractivity contribution in [1.82, 2.24) is 0 Å². The Morgan fingerprint density at radius 3 is 2.44 bits per heavy atom. The summed E-state index contributed by atoms with van der Waals surface area (Å²) in [7, 11) is 0. The van der Waals surface area contributed by atoms with E-state index in [-0.39, 0.29) is 0 Å². The summed E-state index contributed by atoms with van der Waals surface area (Å²) < 4.78 is 0. The predicted molar refractivity (Wildman–Crippen MR) is 47.1 cm³/mol. The molecule has 0 aromatic carbocycles. The second-order valence-corrected chi connectivity index (χ2v) is 4.20. The smallest absolute Gasteiger partial charge is 0.0120 e. The molecule has 0 rings (SSSR count). The van der Waals surface area contributed by atoms with Crippen LogP contribution >= 0.6 is 15.9 Å². The first-order valence-corrected chi connectivity index (χ1v) is 4.32. The maximum atomic E-state index is 3.50. The van der Waals surface area contributed by atoms with E-state index in [0.717, 1.165) is 0 Å². The molecule has 0 nitrogen and oxygen atoms in total. The summed E-state index contributed by atoms with van der Waals surface area (Å²) in [5.74, 6) is 0. The van der Waals surface area contributed by atoms with Gasteiger partial charge in [0.25, 0.3) is 0 Å². The Labute approximate surface area is 66.5 Å². The van der Waals surface area contributed by atoms with Crippen LogP contribution in [-0.4, -0.2) is 4.83 Å². The lowest BCUT2D eigenvalue weighted by molar-refractivity contribution is 0.839. The molecule has 0 radical (unpaired) electrons. The van der Waals surface area contributed by atoms with Gasteiger partial charge in [-0.15, -0.1) is 0 Å². The van der Waals surface area contributed by atoms with Gasteiger partial charge in [0.1, 0.15) is 0 Å². The van der Waals surface area contributed by atoms with Gasteiger partial charge in [-0.2, -0.15) is 0 Å². The highest BCUT2D eigenvalue weighted by atomic mass is 79.9. The number of hydrogen-bond acceptors (Lipinski definition) is 0. The number of hydrogen-bond donors (Lipinski definition) is 0. The third-order valence-electron chi connectivity index (χ3n) is 1.12. The Bertz CT molecular complexity index is 88.7. The molecule has 0 spiro atoms. The van der Waals surface area contributed by atoms with Crippen molar-refractivity contribution < 1.29 is 0 Å². The summed E-state index contributed by atoms with van der Waals surface area (Å²) >= 11 is 3.50. The quantitative estimate of drug-likeness (QED) is 0.473. The van der Waals surface area contributed by atoms with Crippen molar-refractivity contribution in [3.05, 3.63) is 11.6 Å². The molecule has 1 heteroatoms. The largest absolute Gasteiger partial charge is 0.0894 e. The molecule has 54 valence electrons. The Hall–Kier alpha value is 0.220. The summed E-state index contributed by atoms with van der Waals surface area (Å²) in [6.07, 6.45) is 4.72. The van der Waals surface area contributed by atoms with Crippen molar-refractivity contribution >= 4 is 15.9 Å². The molecule has 0 aliphatic carbocycles. The zero-order chi connectivity index (χ0) is 7.28. The van der Waals surface area contributed by atoms with Gasteiger partial charge in [-0.1, -0.05) is 34.5 Å². The average molecular weight is 191 g/mol. The molecule has 0 fully saturated rings. The van der Waals surface area contributed by atoms with E-state index in [9.17, 15) is 0 Å². The molecule has 0 aliphatic rings. The molecule has 0 saturated heterocycles. The van der Waals surface area contributed by atoms with Gasteiger partial charge < -0.3 is 0 Å². The highest BCUT2D eigenvalue weighted by Gasteiger charge is 1.91. The molecule has 0 aromatic rings. The van der Waals surface area contributed by atoms with Crippen LogP contribution in [0.2, 0.25) is 0 Å². The topological polar surface area (TPSA) is 0 Å². The van der Waals surface area contributed by atoms with Gasteiger partial charge in [-0.05, 0) is 26.7 Å². The van der Waals surface area contributed by atoms with Gasteiger partial charge in [0, 0.05) is 4.83 Å².